The van der Waals surface area contributed by atoms with Crippen LogP contribution in [0.15, 0.2) is 24.7 Å². The fraction of sp³-hybridized carbons (Fsp3) is 0.667. The second-order valence-electron chi connectivity index (χ2n) is 7.15. The quantitative estimate of drug-likeness (QED) is 0.726. The third kappa shape index (κ3) is 4.54. The second kappa shape index (κ2) is 8.62. The Kier molecular flexibility index (Phi) is 5.78. The maximum atomic E-state index is 5.43. The first-order valence-electron chi connectivity index (χ1n) is 9.74. The van der Waals surface area contributed by atoms with E-state index in [1.54, 1.807) is 17.2 Å². The number of hydrogen-bond acceptors (Lipinski definition) is 8. The summed E-state index contributed by atoms with van der Waals surface area (Å²) in [5.74, 6) is 1.80. The summed E-state index contributed by atoms with van der Waals surface area (Å²) in [6.07, 6.45) is 7.71. The number of anilines is 2. The molecule has 2 aliphatic heterocycles. The van der Waals surface area contributed by atoms with Gasteiger partial charge in [-0.3, -0.25) is 4.90 Å². The van der Waals surface area contributed by atoms with Gasteiger partial charge >= 0.3 is 0 Å². The molecule has 4 rings (SSSR count). The van der Waals surface area contributed by atoms with Crippen LogP contribution >= 0.6 is 0 Å². The van der Waals surface area contributed by atoms with Crippen molar-refractivity contribution in [3.63, 3.8) is 0 Å². The van der Waals surface area contributed by atoms with E-state index in [2.05, 4.69) is 36.9 Å². The predicted molar refractivity (Wildman–Crippen MR) is 103 cm³/mol. The molecule has 0 N–H and O–H groups in total. The van der Waals surface area contributed by atoms with Crippen molar-refractivity contribution in [1.82, 2.24) is 29.9 Å². The molecule has 0 amide bonds. The third-order valence-corrected chi connectivity index (χ3v) is 5.39. The van der Waals surface area contributed by atoms with Crippen LogP contribution in [0.2, 0.25) is 0 Å². The van der Waals surface area contributed by atoms with Crippen LogP contribution in [0, 0.1) is 0 Å². The van der Waals surface area contributed by atoms with Crippen LogP contribution in [0.25, 0.3) is 0 Å². The summed E-state index contributed by atoms with van der Waals surface area (Å²) in [6, 6.07) is 2.47. The van der Waals surface area contributed by atoms with E-state index in [0.717, 1.165) is 64.2 Å². The van der Waals surface area contributed by atoms with Crippen LogP contribution in [0.3, 0.4) is 0 Å². The van der Waals surface area contributed by atoms with Crippen molar-refractivity contribution in [2.24, 2.45) is 0 Å². The molecule has 0 bridgehead atoms. The number of likely N-dealkylation sites (N-methyl/N-ethyl adjacent to an activating group) is 1. The molecule has 0 saturated carbocycles. The van der Waals surface area contributed by atoms with Gasteiger partial charge in [-0.1, -0.05) is 0 Å². The number of ether oxygens (including phenoxy) is 1. The number of likely N-dealkylation sites (tertiary alicyclic amines) is 1. The summed E-state index contributed by atoms with van der Waals surface area (Å²) < 4.78 is 5.43. The molecule has 2 fully saturated rings. The van der Waals surface area contributed by atoms with Gasteiger partial charge in [0, 0.05) is 45.5 Å². The van der Waals surface area contributed by atoms with Gasteiger partial charge in [0.2, 0.25) is 5.95 Å². The Balaban J connectivity index is 1.37. The van der Waals surface area contributed by atoms with E-state index in [1.807, 2.05) is 12.3 Å². The van der Waals surface area contributed by atoms with E-state index in [-0.39, 0.29) is 0 Å². The summed E-state index contributed by atoms with van der Waals surface area (Å²) in [5.41, 5.74) is 0. The molecule has 27 heavy (non-hydrogen) atoms. The smallest absolute Gasteiger partial charge is 0.227 e. The fourth-order valence-corrected chi connectivity index (χ4v) is 3.78. The Hall–Kier alpha value is -2.26. The number of hydrogen-bond donors (Lipinski definition) is 0. The number of nitrogens with zero attached hydrogens (tertiary/aromatic N) is 8. The first kappa shape index (κ1) is 18.1. The van der Waals surface area contributed by atoms with Crippen molar-refractivity contribution in [1.29, 1.82) is 0 Å². The van der Waals surface area contributed by atoms with Crippen molar-refractivity contribution in [2.75, 3.05) is 62.8 Å². The first-order valence-corrected chi connectivity index (χ1v) is 9.74. The van der Waals surface area contributed by atoms with E-state index < -0.39 is 0 Å². The number of rotatable bonds is 6. The second-order valence-corrected chi connectivity index (χ2v) is 7.15. The molecule has 9 heteroatoms. The van der Waals surface area contributed by atoms with Crippen molar-refractivity contribution in [2.45, 2.75) is 25.4 Å². The van der Waals surface area contributed by atoms with Crippen LogP contribution in [0.4, 0.5) is 11.8 Å². The molecular weight excluding hydrogens is 344 g/mol. The lowest BCUT2D eigenvalue weighted by atomic mass is 10.0. The minimum atomic E-state index is 0.455. The summed E-state index contributed by atoms with van der Waals surface area (Å²) >= 11 is 0. The van der Waals surface area contributed by atoms with Gasteiger partial charge in [-0.2, -0.15) is 20.0 Å². The average molecular weight is 372 g/mol. The van der Waals surface area contributed by atoms with Gasteiger partial charge in [0.25, 0.3) is 0 Å². The van der Waals surface area contributed by atoms with Gasteiger partial charge in [-0.25, -0.2) is 4.98 Å². The Morgan fingerprint density at radius 2 is 1.93 bits per heavy atom. The molecule has 2 aromatic rings. The number of morpholine rings is 1. The standard InChI is InChI=1S/C18H28N8O/c1-23(17-4-5-19-18(22-17)25-11-13-27-14-12-25)16-3-2-8-24(15-16)9-10-26-20-6-7-21-26/h4-7,16H,2-3,8-15H2,1H3. The number of piperidine rings is 1. The zero-order valence-electron chi connectivity index (χ0n) is 15.9. The van der Waals surface area contributed by atoms with Crippen LogP contribution in [0.5, 0.6) is 0 Å². The Morgan fingerprint density at radius 1 is 1.11 bits per heavy atom. The summed E-state index contributed by atoms with van der Waals surface area (Å²) in [7, 11) is 2.15. The molecule has 2 aliphatic rings. The van der Waals surface area contributed by atoms with Crippen LogP contribution < -0.4 is 9.80 Å². The Labute approximate surface area is 159 Å². The average Bonchev–Trinajstić information content (AvgIpc) is 3.26. The highest BCUT2D eigenvalue weighted by Gasteiger charge is 2.25. The molecule has 146 valence electrons. The molecule has 0 aromatic carbocycles. The molecule has 1 atom stereocenters. The topological polar surface area (TPSA) is 75.4 Å². The molecule has 1 unspecified atom stereocenters. The molecule has 2 aromatic heterocycles. The summed E-state index contributed by atoms with van der Waals surface area (Å²) in [6.45, 7) is 7.17. The van der Waals surface area contributed by atoms with Crippen LogP contribution in [-0.2, 0) is 11.3 Å². The normalized spacial score (nSPS) is 21.4. The van der Waals surface area contributed by atoms with Crippen molar-refractivity contribution < 1.29 is 4.74 Å². The summed E-state index contributed by atoms with van der Waals surface area (Å²) in [4.78, 5) is 18.1. The largest absolute Gasteiger partial charge is 0.378 e. The lowest BCUT2D eigenvalue weighted by Gasteiger charge is -2.38. The molecular formula is C18H28N8O. The van der Waals surface area contributed by atoms with Gasteiger partial charge < -0.3 is 14.5 Å². The van der Waals surface area contributed by atoms with Gasteiger partial charge in [0.15, 0.2) is 0 Å². The van der Waals surface area contributed by atoms with E-state index in [0.29, 0.717) is 6.04 Å². The van der Waals surface area contributed by atoms with E-state index in [9.17, 15) is 0 Å². The van der Waals surface area contributed by atoms with Crippen molar-refractivity contribution in [3.05, 3.63) is 24.7 Å². The zero-order chi connectivity index (χ0) is 18.5. The molecule has 0 aliphatic carbocycles. The lowest BCUT2D eigenvalue weighted by molar-refractivity contribution is 0.122. The maximum absolute atomic E-state index is 5.43. The molecule has 0 radical (unpaired) electrons. The van der Waals surface area contributed by atoms with Gasteiger partial charge in [0.05, 0.1) is 32.2 Å². The fourth-order valence-electron chi connectivity index (χ4n) is 3.78. The van der Waals surface area contributed by atoms with Gasteiger partial charge in [0.1, 0.15) is 5.82 Å². The molecule has 4 heterocycles. The van der Waals surface area contributed by atoms with Gasteiger partial charge in [-0.15, -0.1) is 0 Å². The monoisotopic (exact) mass is 372 g/mol. The van der Waals surface area contributed by atoms with Crippen molar-refractivity contribution in [3.8, 4) is 0 Å². The highest BCUT2D eigenvalue weighted by atomic mass is 16.5. The molecule has 2 saturated heterocycles. The lowest BCUT2D eigenvalue weighted by Crippen LogP contribution is -2.47. The Morgan fingerprint density at radius 3 is 2.74 bits per heavy atom. The van der Waals surface area contributed by atoms with Gasteiger partial charge in [-0.05, 0) is 25.5 Å². The van der Waals surface area contributed by atoms with Crippen LogP contribution in [0.1, 0.15) is 12.8 Å². The predicted octanol–water partition coefficient (Wildman–Crippen LogP) is 0.506. The first-order chi connectivity index (χ1) is 13.3. The number of aromatic nitrogens is 5. The maximum Gasteiger partial charge on any atom is 0.227 e. The van der Waals surface area contributed by atoms with Crippen molar-refractivity contribution >= 4 is 11.8 Å². The van der Waals surface area contributed by atoms with E-state index >= 15 is 0 Å². The summed E-state index contributed by atoms with van der Waals surface area (Å²) in [5, 5.41) is 8.39. The minimum Gasteiger partial charge on any atom is -0.378 e. The highest BCUT2D eigenvalue weighted by Crippen LogP contribution is 2.21. The highest BCUT2D eigenvalue weighted by molar-refractivity contribution is 5.44. The Bertz CT molecular complexity index is 703. The molecule has 9 nitrogen and oxygen atoms in total. The minimum absolute atomic E-state index is 0.455. The molecule has 0 spiro atoms. The van der Waals surface area contributed by atoms with E-state index in [4.69, 9.17) is 9.72 Å². The SMILES string of the molecule is CN(c1ccnc(N2CCOCC2)n1)C1CCCN(CCn2nccn2)C1. The zero-order valence-corrected chi connectivity index (χ0v) is 15.9. The van der Waals surface area contributed by atoms with E-state index in [1.165, 1.54) is 12.8 Å². The van der Waals surface area contributed by atoms with Crippen LogP contribution in [-0.4, -0.2) is 88.9 Å². The third-order valence-electron chi connectivity index (χ3n) is 5.39.